The van der Waals surface area contributed by atoms with Crippen molar-refractivity contribution in [3.63, 3.8) is 0 Å². The molecule has 3 aromatic carbocycles. The molecule has 3 aromatic rings. The second-order valence-corrected chi connectivity index (χ2v) is 6.68. The van der Waals surface area contributed by atoms with Crippen molar-refractivity contribution in [1.82, 2.24) is 0 Å². The number of carbonyl (C=O) groups is 1. The predicted molar refractivity (Wildman–Crippen MR) is 102 cm³/mol. The summed E-state index contributed by atoms with van der Waals surface area (Å²) in [5.41, 5.74) is 1.35. The molecule has 0 saturated carbocycles. The van der Waals surface area contributed by atoms with Crippen molar-refractivity contribution in [2.75, 3.05) is 5.32 Å². The van der Waals surface area contributed by atoms with Gasteiger partial charge in [0.15, 0.2) is 0 Å². The van der Waals surface area contributed by atoms with E-state index in [0.29, 0.717) is 5.56 Å². The quantitative estimate of drug-likeness (QED) is 0.632. The van der Waals surface area contributed by atoms with Crippen molar-refractivity contribution < 1.29 is 9.53 Å². The lowest BCUT2D eigenvalue weighted by Gasteiger charge is -2.12. The van der Waals surface area contributed by atoms with Crippen LogP contribution in [0.4, 0.5) is 5.69 Å². The van der Waals surface area contributed by atoms with E-state index in [-0.39, 0.29) is 12.0 Å². The largest absolute Gasteiger partial charge is 0.490 e. The summed E-state index contributed by atoms with van der Waals surface area (Å²) in [5, 5.41) is 5.18. The predicted octanol–water partition coefficient (Wildman–Crippen LogP) is 5.64. The molecule has 0 heterocycles. The number of hydrogen-bond acceptors (Lipinski definition) is 2. The molecule has 1 N–H and O–H groups in total. The van der Waals surface area contributed by atoms with E-state index in [4.69, 9.17) is 4.74 Å². The van der Waals surface area contributed by atoms with E-state index >= 15 is 0 Å². The monoisotopic (exact) mass is 383 g/mol. The number of ether oxygens (including phenoxy) is 1. The van der Waals surface area contributed by atoms with E-state index in [9.17, 15) is 4.79 Å². The van der Waals surface area contributed by atoms with Crippen LogP contribution < -0.4 is 10.1 Å². The van der Waals surface area contributed by atoms with Crippen LogP contribution in [-0.4, -0.2) is 12.0 Å². The summed E-state index contributed by atoms with van der Waals surface area (Å²) in [6.45, 7) is 3.93. The second kappa shape index (κ2) is 7.05. The first-order valence-corrected chi connectivity index (χ1v) is 8.58. The lowest BCUT2D eigenvalue weighted by atomic mass is 10.1. The average Bonchev–Trinajstić information content (AvgIpc) is 2.56. The fraction of sp³-hybridized carbons (Fsp3) is 0.150. The van der Waals surface area contributed by atoms with Crippen molar-refractivity contribution in [1.29, 1.82) is 0 Å². The minimum absolute atomic E-state index is 0.0820. The van der Waals surface area contributed by atoms with Crippen LogP contribution in [0.5, 0.6) is 5.75 Å². The van der Waals surface area contributed by atoms with Crippen LogP contribution in [0.3, 0.4) is 0 Å². The third-order valence-corrected chi connectivity index (χ3v) is 4.18. The summed E-state index contributed by atoms with van der Waals surface area (Å²) in [5.74, 6) is 0.578. The number of rotatable bonds is 4. The van der Waals surface area contributed by atoms with Gasteiger partial charge in [-0.15, -0.1) is 0 Å². The van der Waals surface area contributed by atoms with Gasteiger partial charge in [-0.05, 0) is 70.9 Å². The minimum atomic E-state index is -0.151. The van der Waals surface area contributed by atoms with Gasteiger partial charge in [0, 0.05) is 11.3 Å². The van der Waals surface area contributed by atoms with Crippen LogP contribution in [-0.2, 0) is 0 Å². The number of amides is 1. The maximum absolute atomic E-state index is 12.5. The maximum atomic E-state index is 12.5. The molecule has 4 heteroatoms. The molecular weight excluding hydrogens is 366 g/mol. The standard InChI is InChI=1S/C20H18BrNO2/c1-13(2)24-19-10-8-16(12-18(19)21)20(23)22-17-9-7-14-5-3-4-6-15(14)11-17/h3-13H,1-2H3,(H,22,23). The van der Waals surface area contributed by atoms with E-state index in [1.807, 2.05) is 56.3 Å². The molecule has 0 radical (unpaired) electrons. The van der Waals surface area contributed by atoms with Gasteiger partial charge < -0.3 is 10.1 Å². The Hall–Kier alpha value is -2.33. The fourth-order valence-corrected chi connectivity index (χ4v) is 2.93. The van der Waals surface area contributed by atoms with Crippen LogP contribution in [0, 0.1) is 0 Å². The van der Waals surface area contributed by atoms with Crippen molar-refractivity contribution in [3.8, 4) is 5.75 Å². The van der Waals surface area contributed by atoms with E-state index in [1.165, 1.54) is 0 Å². The summed E-state index contributed by atoms with van der Waals surface area (Å²) < 4.78 is 6.43. The number of fused-ring (bicyclic) bond motifs is 1. The molecule has 0 aliphatic carbocycles. The lowest BCUT2D eigenvalue weighted by molar-refractivity contribution is 0.102. The zero-order valence-corrected chi connectivity index (χ0v) is 15.1. The van der Waals surface area contributed by atoms with Crippen molar-refractivity contribution in [2.45, 2.75) is 20.0 Å². The third kappa shape index (κ3) is 3.77. The summed E-state index contributed by atoms with van der Waals surface area (Å²) in [4.78, 5) is 12.5. The summed E-state index contributed by atoms with van der Waals surface area (Å²) >= 11 is 3.46. The molecule has 0 fully saturated rings. The van der Waals surface area contributed by atoms with Crippen LogP contribution in [0.1, 0.15) is 24.2 Å². The van der Waals surface area contributed by atoms with Crippen molar-refractivity contribution in [2.24, 2.45) is 0 Å². The van der Waals surface area contributed by atoms with Crippen LogP contribution in [0.25, 0.3) is 10.8 Å². The van der Waals surface area contributed by atoms with Crippen molar-refractivity contribution in [3.05, 3.63) is 70.7 Å². The molecule has 3 rings (SSSR count). The Morgan fingerprint density at radius 1 is 1.00 bits per heavy atom. The Morgan fingerprint density at radius 2 is 1.75 bits per heavy atom. The van der Waals surface area contributed by atoms with Crippen molar-refractivity contribution >= 4 is 38.3 Å². The molecule has 0 atom stereocenters. The number of benzene rings is 3. The van der Waals surface area contributed by atoms with Gasteiger partial charge in [0.1, 0.15) is 5.75 Å². The molecular formula is C20H18BrNO2. The first-order valence-electron chi connectivity index (χ1n) is 7.79. The zero-order chi connectivity index (χ0) is 17.1. The molecule has 1 amide bonds. The van der Waals surface area contributed by atoms with Crippen LogP contribution in [0.2, 0.25) is 0 Å². The minimum Gasteiger partial charge on any atom is -0.490 e. The van der Waals surface area contributed by atoms with Gasteiger partial charge in [0.25, 0.3) is 5.91 Å². The molecule has 0 aromatic heterocycles. The average molecular weight is 384 g/mol. The first kappa shape index (κ1) is 16.5. The van der Waals surface area contributed by atoms with E-state index < -0.39 is 0 Å². The normalized spacial score (nSPS) is 10.8. The van der Waals surface area contributed by atoms with E-state index in [0.717, 1.165) is 26.7 Å². The molecule has 3 nitrogen and oxygen atoms in total. The molecule has 24 heavy (non-hydrogen) atoms. The number of hydrogen-bond donors (Lipinski definition) is 1. The Balaban J connectivity index is 1.79. The highest BCUT2D eigenvalue weighted by Gasteiger charge is 2.10. The Kier molecular flexibility index (Phi) is 4.86. The molecule has 0 saturated heterocycles. The Morgan fingerprint density at radius 3 is 2.46 bits per heavy atom. The molecule has 122 valence electrons. The first-order chi connectivity index (χ1) is 11.5. The lowest BCUT2D eigenvalue weighted by Crippen LogP contribution is -2.12. The van der Waals surface area contributed by atoms with E-state index in [1.54, 1.807) is 18.2 Å². The number of carbonyl (C=O) groups excluding carboxylic acids is 1. The molecule has 0 bridgehead atoms. The van der Waals surface area contributed by atoms with Gasteiger partial charge in [-0.25, -0.2) is 0 Å². The number of nitrogens with one attached hydrogen (secondary N) is 1. The molecule has 0 aliphatic rings. The highest BCUT2D eigenvalue weighted by Crippen LogP contribution is 2.27. The Bertz CT molecular complexity index is 890. The SMILES string of the molecule is CC(C)Oc1ccc(C(=O)Nc2ccc3ccccc3c2)cc1Br. The third-order valence-electron chi connectivity index (χ3n) is 3.56. The number of halogens is 1. The van der Waals surface area contributed by atoms with Crippen LogP contribution in [0.15, 0.2) is 65.1 Å². The topological polar surface area (TPSA) is 38.3 Å². The smallest absolute Gasteiger partial charge is 0.255 e. The molecule has 0 spiro atoms. The summed E-state index contributed by atoms with van der Waals surface area (Å²) in [6, 6.07) is 19.3. The van der Waals surface area contributed by atoms with Gasteiger partial charge in [-0.3, -0.25) is 4.79 Å². The Labute approximate surface area is 149 Å². The van der Waals surface area contributed by atoms with Gasteiger partial charge >= 0.3 is 0 Å². The fourth-order valence-electron chi connectivity index (χ4n) is 2.46. The van der Waals surface area contributed by atoms with Gasteiger partial charge in [0.05, 0.1) is 10.6 Å². The zero-order valence-electron chi connectivity index (χ0n) is 13.5. The van der Waals surface area contributed by atoms with E-state index in [2.05, 4.69) is 21.2 Å². The summed E-state index contributed by atoms with van der Waals surface area (Å²) in [7, 11) is 0. The van der Waals surface area contributed by atoms with Gasteiger partial charge in [0.2, 0.25) is 0 Å². The second-order valence-electron chi connectivity index (χ2n) is 5.83. The van der Waals surface area contributed by atoms with Crippen LogP contribution >= 0.6 is 15.9 Å². The highest BCUT2D eigenvalue weighted by atomic mass is 79.9. The maximum Gasteiger partial charge on any atom is 0.255 e. The number of anilines is 1. The summed E-state index contributed by atoms with van der Waals surface area (Å²) in [6.07, 6.45) is 0.0820. The molecule has 0 unspecified atom stereocenters. The molecule has 0 aliphatic heterocycles. The highest BCUT2D eigenvalue weighted by molar-refractivity contribution is 9.10. The van der Waals surface area contributed by atoms with Gasteiger partial charge in [-0.1, -0.05) is 30.3 Å². The van der Waals surface area contributed by atoms with Gasteiger partial charge in [-0.2, -0.15) is 0 Å².